The van der Waals surface area contributed by atoms with Crippen LogP contribution in [0, 0.1) is 11.3 Å². The van der Waals surface area contributed by atoms with Gasteiger partial charge < -0.3 is 5.32 Å². The van der Waals surface area contributed by atoms with Crippen LogP contribution < -0.4 is 5.32 Å². The summed E-state index contributed by atoms with van der Waals surface area (Å²) in [6, 6.07) is 8.49. The van der Waals surface area contributed by atoms with E-state index in [1.54, 1.807) is 24.3 Å². The third-order valence-corrected chi connectivity index (χ3v) is 1.64. The van der Waals surface area contributed by atoms with Crippen LogP contribution in [0.15, 0.2) is 24.3 Å². The van der Waals surface area contributed by atoms with Gasteiger partial charge in [-0.05, 0) is 12.1 Å². The van der Waals surface area contributed by atoms with Crippen molar-refractivity contribution >= 4 is 5.69 Å². The van der Waals surface area contributed by atoms with Crippen LogP contribution in [0.2, 0.25) is 0 Å². The van der Waals surface area contributed by atoms with Crippen LogP contribution in [-0.2, 0) is 0 Å². The van der Waals surface area contributed by atoms with Gasteiger partial charge in [0, 0.05) is 6.92 Å². The molecule has 0 aromatic heterocycles. The lowest BCUT2D eigenvalue weighted by Gasteiger charge is -2.13. The van der Waals surface area contributed by atoms with Crippen molar-refractivity contribution in [2.24, 2.45) is 0 Å². The van der Waals surface area contributed by atoms with Crippen molar-refractivity contribution in [2.45, 2.75) is 12.8 Å². The number of hydrogen-bond donors (Lipinski definition) is 1. The highest BCUT2D eigenvalue weighted by Crippen LogP contribution is 2.17. The summed E-state index contributed by atoms with van der Waals surface area (Å²) in [5.41, 5.74) is 0.813. The van der Waals surface area contributed by atoms with Gasteiger partial charge in [-0.2, -0.15) is 5.26 Å². The molecule has 0 amide bonds. The van der Waals surface area contributed by atoms with Crippen molar-refractivity contribution < 1.29 is 8.78 Å². The smallest absolute Gasteiger partial charge is 0.262 e. The molecule has 0 heterocycles. The second-order valence-electron chi connectivity index (χ2n) is 3.08. The molecule has 0 aliphatic rings. The minimum Gasteiger partial charge on any atom is -0.378 e. The molecule has 0 unspecified atom stereocenters. The maximum atomic E-state index is 12.5. The number of nitriles is 1. The number of nitrogens with one attached hydrogen (secondary N) is 1. The van der Waals surface area contributed by atoms with Gasteiger partial charge in [0.25, 0.3) is 5.92 Å². The lowest BCUT2D eigenvalue weighted by Crippen LogP contribution is -2.23. The maximum Gasteiger partial charge on any atom is 0.262 e. The molecule has 1 rings (SSSR count). The van der Waals surface area contributed by atoms with Crippen molar-refractivity contribution in [1.29, 1.82) is 5.26 Å². The first kappa shape index (κ1) is 10.5. The van der Waals surface area contributed by atoms with Gasteiger partial charge in [0.1, 0.15) is 6.07 Å². The molecular formula is C10H10F2N2. The van der Waals surface area contributed by atoms with Crippen LogP contribution >= 0.6 is 0 Å². The molecule has 1 aromatic carbocycles. The molecule has 1 N–H and O–H groups in total. The Kier molecular flexibility index (Phi) is 3.03. The fourth-order valence-electron chi connectivity index (χ4n) is 0.985. The molecule has 0 aliphatic carbocycles. The first-order valence-corrected chi connectivity index (χ1v) is 4.14. The number of benzene rings is 1. The van der Waals surface area contributed by atoms with Gasteiger partial charge in [-0.15, -0.1) is 0 Å². The quantitative estimate of drug-likeness (QED) is 0.806. The van der Waals surface area contributed by atoms with Crippen LogP contribution in [0.5, 0.6) is 0 Å². The van der Waals surface area contributed by atoms with Crippen LogP contribution in [0.25, 0.3) is 0 Å². The largest absolute Gasteiger partial charge is 0.378 e. The normalized spacial score (nSPS) is 10.7. The summed E-state index contributed by atoms with van der Waals surface area (Å²) in [6.07, 6.45) is 0. The molecule has 0 saturated heterocycles. The van der Waals surface area contributed by atoms with E-state index < -0.39 is 12.5 Å². The number of anilines is 1. The lowest BCUT2D eigenvalue weighted by molar-refractivity contribution is 0.0368. The van der Waals surface area contributed by atoms with Crippen molar-refractivity contribution in [3.8, 4) is 6.07 Å². The maximum absolute atomic E-state index is 12.5. The van der Waals surface area contributed by atoms with E-state index in [2.05, 4.69) is 5.32 Å². The summed E-state index contributed by atoms with van der Waals surface area (Å²) in [4.78, 5) is 0. The standard InChI is InChI=1S/C10H10F2N2/c1-10(11,12)7-14-9-5-3-2-4-8(9)6-13/h2-5,14H,7H2,1H3. The topological polar surface area (TPSA) is 35.8 Å². The molecule has 0 aliphatic heterocycles. The van der Waals surface area contributed by atoms with Crippen molar-refractivity contribution in [2.75, 3.05) is 11.9 Å². The summed E-state index contributed by atoms with van der Waals surface area (Å²) >= 11 is 0. The average molecular weight is 196 g/mol. The Labute approximate surface area is 81.2 Å². The second-order valence-corrected chi connectivity index (χ2v) is 3.08. The van der Waals surface area contributed by atoms with Crippen molar-refractivity contribution in [1.82, 2.24) is 0 Å². The highest BCUT2D eigenvalue weighted by molar-refractivity contribution is 5.57. The molecule has 0 saturated carbocycles. The highest BCUT2D eigenvalue weighted by Gasteiger charge is 2.20. The second kappa shape index (κ2) is 4.05. The summed E-state index contributed by atoms with van der Waals surface area (Å²) in [7, 11) is 0. The molecule has 74 valence electrons. The predicted molar refractivity (Wildman–Crippen MR) is 50.3 cm³/mol. The Morgan fingerprint density at radius 3 is 2.64 bits per heavy atom. The minimum absolute atomic E-state index is 0.372. The molecule has 0 atom stereocenters. The Hall–Kier alpha value is -1.63. The van der Waals surface area contributed by atoms with Gasteiger partial charge in [0.2, 0.25) is 0 Å². The Bertz CT molecular complexity index is 350. The molecule has 0 fully saturated rings. The Balaban J connectivity index is 2.73. The van der Waals surface area contributed by atoms with Crippen LogP contribution in [-0.4, -0.2) is 12.5 Å². The van der Waals surface area contributed by atoms with E-state index in [1.165, 1.54) is 0 Å². The third-order valence-electron chi connectivity index (χ3n) is 1.64. The molecule has 0 radical (unpaired) electrons. The van der Waals surface area contributed by atoms with Gasteiger partial charge in [-0.3, -0.25) is 0 Å². The predicted octanol–water partition coefficient (Wildman–Crippen LogP) is 2.63. The molecule has 0 spiro atoms. The fraction of sp³-hybridized carbons (Fsp3) is 0.300. The van der Waals surface area contributed by atoms with Crippen LogP contribution in [0.1, 0.15) is 12.5 Å². The van der Waals surface area contributed by atoms with E-state index in [4.69, 9.17) is 5.26 Å². The molecule has 1 aromatic rings. The van der Waals surface area contributed by atoms with Gasteiger partial charge in [0.15, 0.2) is 0 Å². The van der Waals surface area contributed by atoms with E-state index in [0.717, 1.165) is 6.92 Å². The van der Waals surface area contributed by atoms with Crippen molar-refractivity contribution in [3.63, 3.8) is 0 Å². The first-order chi connectivity index (χ1) is 6.53. The lowest BCUT2D eigenvalue weighted by atomic mass is 10.2. The molecule has 4 heteroatoms. The van der Waals surface area contributed by atoms with E-state index in [-0.39, 0.29) is 0 Å². The zero-order valence-corrected chi connectivity index (χ0v) is 7.72. The van der Waals surface area contributed by atoms with E-state index in [0.29, 0.717) is 11.3 Å². The first-order valence-electron chi connectivity index (χ1n) is 4.14. The number of alkyl halides is 2. The number of hydrogen-bond acceptors (Lipinski definition) is 2. The third kappa shape index (κ3) is 3.02. The molecular weight excluding hydrogens is 186 g/mol. The average Bonchev–Trinajstić information content (AvgIpc) is 2.14. The Morgan fingerprint density at radius 1 is 1.43 bits per heavy atom. The number of halogens is 2. The van der Waals surface area contributed by atoms with E-state index in [1.807, 2.05) is 6.07 Å². The van der Waals surface area contributed by atoms with Crippen molar-refractivity contribution in [3.05, 3.63) is 29.8 Å². The fourth-order valence-corrected chi connectivity index (χ4v) is 0.985. The van der Waals surface area contributed by atoms with Gasteiger partial charge in [-0.1, -0.05) is 12.1 Å². The summed E-state index contributed by atoms with van der Waals surface area (Å²) in [5.74, 6) is -2.78. The monoisotopic (exact) mass is 196 g/mol. The highest BCUT2D eigenvalue weighted by atomic mass is 19.3. The molecule has 2 nitrogen and oxygen atoms in total. The van der Waals surface area contributed by atoms with Crippen LogP contribution in [0.3, 0.4) is 0 Å². The van der Waals surface area contributed by atoms with Gasteiger partial charge >= 0.3 is 0 Å². The van der Waals surface area contributed by atoms with Gasteiger partial charge in [-0.25, -0.2) is 8.78 Å². The summed E-state index contributed by atoms with van der Waals surface area (Å²) < 4.78 is 25.0. The molecule has 14 heavy (non-hydrogen) atoms. The van der Waals surface area contributed by atoms with Crippen LogP contribution in [0.4, 0.5) is 14.5 Å². The van der Waals surface area contributed by atoms with E-state index in [9.17, 15) is 8.78 Å². The SMILES string of the molecule is CC(F)(F)CNc1ccccc1C#N. The number of rotatable bonds is 3. The number of nitrogens with zero attached hydrogens (tertiary/aromatic N) is 1. The van der Waals surface area contributed by atoms with E-state index >= 15 is 0 Å². The summed E-state index contributed by atoms with van der Waals surface area (Å²) in [5, 5.41) is 11.2. The zero-order chi connectivity index (χ0) is 10.6. The zero-order valence-electron chi connectivity index (χ0n) is 7.72. The summed E-state index contributed by atoms with van der Waals surface area (Å²) in [6.45, 7) is 0.362. The Morgan fingerprint density at radius 2 is 2.07 bits per heavy atom. The minimum atomic E-state index is -2.78. The van der Waals surface area contributed by atoms with Gasteiger partial charge in [0.05, 0.1) is 17.8 Å². The molecule has 0 bridgehead atoms. The number of para-hydroxylation sites is 1.